The third kappa shape index (κ3) is 6.45. The number of benzene rings is 2. The number of sulfonamides is 1. The van der Waals surface area contributed by atoms with Gasteiger partial charge in [-0.2, -0.15) is 0 Å². The van der Waals surface area contributed by atoms with Crippen LogP contribution in [0.4, 0.5) is 5.69 Å². The van der Waals surface area contributed by atoms with E-state index >= 15 is 0 Å². The largest absolute Gasteiger partial charge is 0.350 e. The summed E-state index contributed by atoms with van der Waals surface area (Å²) in [6.45, 7) is -0.571. The van der Waals surface area contributed by atoms with Crippen molar-refractivity contribution in [3.8, 4) is 0 Å². The highest BCUT2D eigenvalue weighted by Gasteiger charge is 2.17. The van der Waals surface area contributed by atoms with Crippen molar-refractivity contribution in [3.05, 3.63) is 70.3 Å². The average molecular weight is 406 g/mol. The third-order valence-electron chi connectivity index (χ3n) is 3.56. The van der Waals surface area contributed by atoms with Gasteiger partial charge < -0.3 is 10.6 Å². The summed E-state index contributed by atoms with van der Waals surface area (Å²) in [5, 5.41) is 15.5. The van der Waals surface area contributed by atoms with Crippen molar-refractivity contribution < 1.29 is 22.9 Å². The molecule has 0 heterocycles. The SMILES string of the molecule is O=C(CNC(=O)CNS(=O)(=O)c1ccc([N+](=O)[O-])cc1)NCc1ccccc1. The number of hydrogen-bond acceptors (Lipinski definition) is 6. The fraction of sp³-hybridized carbons (Fsp3) is 0.176. The quantitative estimate of drug-likeness (QED) is 0.403. The Labute approximate surface area is 161 Å². The zero-order valence-corrected chi connectivity index (χ0v) is 15.4. The molecular weight excluding hydrogens is 388 g/mol. The fourth-order valence-corrected chi connectivity index (χ4v) is 3.07. The smallest absolute Gasteiger partial charge is 0.269 e. The van der Waals surface area contributed by atoms with E-state index in [1.165, 1.54) is 0 Å². The van der Waals surface area contributed by atoms with E-state index in [1.807, 2.05) is 30.3 Å². The zero-order chi connectivity index (χ0) is 20.6. The van der Waals surface area contributed by atoms with Gasteiger partial charge in [0.2, 0.25) is 21.8 Å². The average Bonchev–Trinajstić information content (AvgIpc) is 2.70. The van der Waals surface area contributed by atoms with E-state index in [4.69, 9.17) is 0 Å². The van der Waals surface area contributed by atoms with Crippen molar-refractivity contribution >= 4 is 27.5 Å². The number of non-ortho nitro benzene ring substituents is 1. The molecule has 0 saturated heterocycles. The van der Waals surface area contributed by atoms with Crippen LogP contribution in [0.15, 0.2) is 59.5 Å². The van der Waals surface area contributed by atoms with Crippen molar-refractivity contribution in [3.63, 3.8) is 0 Å². The van der Waals surface area contributed by atoms with Gasteiger partial charge >= 0.3 is 0 Å². The first-order valence-corrected chi connectivity index (χ1v) is 9.58. The molecule has 2 rings (SSSR count). The Morgan fingerprint density at radius 3 is 2.11 bits per heavy atom. The lowest BCUT2D eigenvalue weighted by atomic mass is 10.2. The molecule has 0 aliphatic rings. The molecule has 0 aromatic heterocycles. The van der Waals surface area contributed by atoms with Gasteiger partial charge in [0.1, 0.15) is 0 Å². The molecule has 3 N–H and O–H groups in total. The van der Waals surface area contributed by atoms with Crippen LogP contribution >= 0.6 is 0 Å². The second kappa shape index (κ2) is 9.58. The van der Waals surface area contributed by atoms with E-state index < -0.39 is 33.3 Å². The zero-order valence-electron chi connectivity index (χ0n) is 14.6. The van der Waals surface area contributed by atoms with E-state index in [1.54, 1.807) is 0 Å². The maximum Gasteiger partial charge on any atom is 0.269 e. The van der Waals surface area contributed by atoms with Crippen molar-refractivity contribution in [2.75, 3.05) is 13.1 Å². The first-order valence-electron chi connectivity index (χ1n) is 8.09. The van der Waals surface area contributed by atoms with E-state index in [-0.39, 0.29) is 17.1 Å². The van der Waals surface area contributed by atoms with Gasteiger partial charge in [-0.05, 0) is 17.7 Å². The standard InChI is InChI=1S/C17H18N4O6S/c22-16(18-10-13-4-2-1-3-5-13)11-19-17(23)12-20-28(26,27)15-8-6-14(7-9-15)21(24)25/h1-9,20H,10-12H2,(H,18,22)(H,19,23). The fourth-order valence-electron chi connectivity index (χ4n) is 2.09. The maximum absolute atomic E-state index is 12.1. The van der Waals surface area contributed by atoms with Gasteiger partial charge in [0.05, 0.1) is 22.9 Å². The van der Waals surface area contributed by atoms with Crippen LogP contribution in [0.25, 0.3) is 0 Å². The lowest BCUT2D eigenvalue weighted by molar-refractivity contribution is -0.384. The number of carbonyl (C=O) groups excluding carboxylic acids is 2. The molecule has 2 amide bonds. The molecule has 0 bridgehead atoms. The summed E-state index contributed by atoms with van der Waals surface area (Å²) in [6, 6.07) is 13.4. The molecule has 0 radical (unpaired) electrons. The second-order valence-electron chi connectivity index (χ2n) is 5.61. The van der Waals surface area contributed by atoms with Crippen LogP contribution in [0.1, 0.15) is 5.56 Å². The number of carbonyl (C=O) groups is 2. The number of rotatable bonds is 9. The van der Waals surface area contributed by atoms with Crippen LogP contribution in [0.2, 0.25) is 0 Å². The molecular formula is C17H18N4O6S. The summed E-state index contributed by atoms with van der Waals surface area (Å²) < 4.78 is 26.2. The van der Waals surface area contributed by atoms with Crippen molar-refractivity contribution in [2.24, 2.45) is 0 Å². The lowest BCUT2D eigenvalue weighted by Crippen LogP contribution is -2.41. The van der Waals surface area contributed by atoms with Crippen molar-refractivity contribution in [1.82, 2.24) is 15.4 Å². The van der Waals surface area contributed by atoms with Gasteiger partial charge in [0.15, 0.2) is 0 Å². The molecule has 11 heteroatoms. The van der Waals surface area contributed by atoms with Gasteiger partial charge in [-0.3, -0.25) is 19.7 Å². The van der Waals surface area contributed by atoms with Gasteiger partial charge in [-0.1, -0.05) is 30.3 Å². The normalized spacial score (nSPS) is 10.9. The number of nitro groups is 1. The molecule has 0 fully saturated rings. The summed E-state index contributed by atoms with van der Waals surface area (Å²) in [4.78, 5) is 33.2. The van der Waals surface area contributed by atoms with E-state index in [9.17, 15) is 28.1 Å². The molecule has 2 aromatic rings. The van der Waals surface area contributed by atoms with E-state index in [0.29, 0.717) is 6.54 Å². The molecule has 0 aliphatic heterocycles. The minimum atomic E-state index is -4.02. The topological polar surface area (TPSA) is 148 Å². The number of nitro benzene ring substituents is 1. The molecule has 0 atom stereocenters. The molecule has 28 heavy (non-hydrogen) atoms. The second-order valence-corrected chi connectivity index (χ2v) is 7.38. The number of hydrogen-bond donors (Lipinski definition) is 3. The van der Waals surface area contributed by atoms with Crippen molar-refractivity contribution in [2.45, 2.75) is 11.4 Å². The third-order valence-corrected chi connectivity index (χ3v) is 4.98. The van der Waals surface area contributed by atoms with Gasteiger partial charge in [0.25, 0.3) is 5.69 Å². The predicted octanol–water partition coefficient (Wildman–Crippen LogP) is 0.306. The number of nitrogens with zero attached hydrogens (tertiary/aromatic N) is 1. The molecule has 148 valence electrons. The molecule has 2 aromatic carbocycles. The first kappa shape index (κ1) is 21.0. The van der Waals surface area contributed by atoms with Crippen LogP contribution in [0.5, 0.6) is 0 Å². The first-order chi connectivity index (χ1) is 13.3. The van der Waals surface area contributed by atoms with Crippen molar-refractivity contribution in [1.29, 1.82) is 0 Å². The van der Waals surface area contributed by atoms with Crippen LogP contribution in [-0.4, -0.2) is 38.2 Å². The Balaban J connectivity index is 1.76. The Hall–Kier alpha value is -3.31. The Morgan fingerprint density at radius 2 is 1.50 bits per heavy atom. The summed E-state index contributed by atoms with van der Waals surface area (Å²) in [5.41, 5.74) is 0.649. The van der Waals surface area contributed by atoms with E-state index in [0.717, 1.165) is 29.8 Å². The Bertz CT molecular complexity index is 945. The summed E-state index contributed by atoms with van der Waals surface area (Å²) in [7, 11) is -4.02. The lowest BCUT2D eigenvalue weighted by Gasteiger charge is -2.08. The molecule has 10 nitrogen and oxygen atoms in total. The monoisotopic (exact) mass is 406 g/mol. The molecule has 0 spiro atoms. The Kier molecular flexibility index (Phi) is 7.18. The predicted molar refractivity (Wildman–Crippen MR) is 99.6 cm³/mol. The summed E-state index contributed by atoms with van der Waals surface area (Å²) >= 11 is 0. The molecule has 0 saturated carbocycles. The summed E-state index contributed by atoms with van der Waals surface area (Å²) in [6.07, 6.45) is 0. The highest BCUT2D eigenvalue weighted by atomic mass is 32.2. The highest BCUT2D eigenvalue weighted by molar-refractivity contribution is 7.89. The van der Waals surface area contributed by atoms with Crippen LogP contribution < -0.4 is 15.4 Å². The summed E-state index contributed by atoms with van der Waals surface area (Å²) in [5.74, 6) is -1.12. The molecule has 0 unspecified atom stereocenters. The number of nitrogens with one attached hydrogen (secondary N) is 3. The number of amides is 2. The minimum Gasteiger partial charge on any atom is -0.350 e. The van der Waals surface area contributed by atoms with Crippen LogP contribution in [-0.2, 0) is 26.2 Å². The van der Waals surface area contributed by atoms with E-state index in [2.05, 4.69) is 15.4 Å². The maximum atomic E-state index is 12.1. The van der Waals surface area contributed by atoms with Gasteiger partial charge in [0, 0.05) is 18.7 Å². The minimum absolute atomic E-state index is 0.216. The Morgan fingerprint density at radius 1 is 0.893 bits per heavy atom. The van der Waals surface area contributed by atoms with Crippen LogP contribution in [0, 0.1) is 10.1 Å². The highest BCUT2D eigenvalue weighted by Crippen LogP contribution is 2.15. The molecule has 0 aliphatic carbocycles. The van der Waals surface area contributed by atoms with Crippen LogP contribution in [0.3, 0.4) is 0 Å². The van der Waals surface area contributed by atoms with Gasteiger partial charge in [-0.15, -0.1) is 0 Å². The van der Waals surface area contributed by atoms with Gasteiger partial charge in [-0.25, -0.2) is 13.1 Å².